The Hall–Kier alpha value is -2.13. The van der Waals surface area contributed by atoms with Crippen LogP contribution in [0.1, 0.15) is 41.6 Å². The van der Waals surface area contributed by atoms with E-state index in [1.807, 2.05) is 30.3 Å². The monoisotopic (exact) mass is 322 g/mol. The molecular weight excluding hydrogens is 300 g/mol. The zero-order valence-electron chi connectivity index (χ0n) is 13.9. The highest BCUT2D eigenvalue weighted by Gasteiger charge is 2.47. The number of hydrogen-bond donors (Lipinski definition) is 1. The van der Waals surface area contributed by atoms with Crippen molar-refractivity contribution in [2.75, 3.05) is 7.11 Å². The van der Waals surface area contributed by atoms with Gasteiger partial charge >= 0.3 is 0 Å². The fraction of sp³-hybridized carbons (Fsp3) is 0.381. The lowest BCUT2D eigenvalue weighted by Crippen LogP contribution is -2.34. The first-order valence-corrected chi connectivity index (χ1v) is 8.61. The van der Waals surface area contributed by atoms with Gasteiger partial charge in [0.25, 0.3) is 0 Å². The van der Waals surface area contributed by atoms with Gasteiger partial charge in [0.05, 0.1) is 13.2 Å². The Bertz CT molecular complexity index is 785. The van der Waals surface area contributed by atoms with Gasteiger partial charge in [0, 0.05) is 11.0 Å². The second kappa shape index (κ2) is 5.75. The molecule has 2 aromatic rings. The fourth-order valence-electron chi connectivity index (χ4n) is 4.21. The lowest BCUT2D eigenvalue weighted by atomic mass is 9.70. The molecule has 1 fully saturated rings. The second-order valence-electron chi connectivity index (χ2n) is 7.12. The maximum Gasteiger partial charge on any atom is 0.169 e. The molecule has 2 aliphatic rings. The van der Waals surface area contributed by atoms with Crippen molar-refractivity contribution < 1.29 is 14.6 Å². The van der Waals surface area contributed by atoms with E-state index in [0.29, 0.717) is 0 Å². The van der Waals surface area contributed by atoms with Gasteiger partial charge in [-0.1, -0.05) is 24.3 Å². The van der Waals surface area contributed by atoms with Gasteiger partial charge in [0.15, 0.2) is 5.78 Å². The van der Waals surface area contributed by atoms with Crippen LogP contribution < -0.4 is 4.74 Å². The van der Waals surface area contributed by atoms with Crippen LogP contribution in [0.4, 0.5) is 0 Å². The summed E-state index contributed by atoms with van der Waals surface area (Å²) in [4.78, 5) is 13.1. The van der Waals surface area contributed by atoms with Crippen LogP contribution in [0.5, 0.6) is 5.75 Å². The van der Waals surface area contributed by atoms with Crippen LogP contribution in [0, 0.1) is 5.41 Å². The third-order valence-electron chi connectivity index (χ3n) is 5.68. The standard InChI is InChI=1S/C21H22O3/c1-24-18-4-2-3-14(11-18)15-5-6-16-13-21(20(23)19(16)12-15)9-7-17(22)8-10-21/h2-6,11-12,17,22H,7-10,13H2,1H3/t17-,21-. The summed E-state index contributed by atoms with van der Waals surface area (Å²) >= 11 is 0. The van der Waals surface area contributed by atoms with Gasteiger partial charge in [0.2, 0.25) is 0 Å². The number of benzene rings is 2. The third kappa shape index (κ3) is 2.44. The molecule has 24 heavy (non-hydrogen) atoms. The zero-order chi connectivity index (χ0) is 16.7. The number of ketones is 1. The lowest BCUT2D eigenvalue weighted by Gasteiger charge is -2.33. The van der Waals surface area contributed by atoms with E-state index in [9.17, 15) is 9.90 Å². The van der Waals surface area contributed by atoms with E-state index in [1.165, 1.54) is 0 Å². The summed E-state index contributed by atoms with van der Waals surface area (Å²) in [6.07, 6.45) is 3.67. The summed E-state index contributed by atoms with van der Waals surface area (Å²) in [5, 5.41) is 9.78. The Morgan fingerprint density at radius 1 is 1.08 bits per heavy atom. The van der Waals surface area contributed by atoms with Gasteiger partial charge in [0.1, 0.15) is 5.75 Å². The van der Waals surface area contributed by atoms with Crippen molar-refractivity contribution in [2.45, 2.75) is 38.2 Å². The number of fused-ring (bicyclic) bond motifs is 1. The zero-order valence-corrected chi connectivity index (χ0v) is 13.9. The lowest BCUT2D eigenvalue weighted by molar-refractivity contribution is 0.0513. The molecule has 3 heteroatoms. The molecule has 1 saturated carbocycles. The molecule has 0 radical (unpaired) electrons. The average Bonchev–Trinajstić information content (AvgIpc) is 2.89. The van der Waals surface area contributed by atoms with Crippen LogP contribution in [-0.4, -0.2) is 24.1 Å². The highest BCUT2D eigenvalue weighted by molar-refractivity contribution is 6.05. The maximum atomic E-state index is 13.1. The molecule has 2 aromatic carbocycles. The van der Waals surface area contributed by atoms with Crippen molar-refractivity contribution >= 4 is 5.78 Å². The van der Waals surface area contributed by atoms with E-state index in [0.717, 1.165) is 60.1 Å². The summed E-state index contributed by atoms with van der Waals surface area (Å²) in [5.74, 6) is 1.09. The van der Waals surface area contributed by atoms with E-state index < -0.39 is 0 Å². The molecule has 0 atom stereocenters. The average molecular weight is 322 g/mol. The molecule has 0 bridgehead atoms. The molecule has 0 amide bonds. The summed E-state index contributed by atoms with van der Waals surface area (Å²) in [7, 11) is 1.66. The SMILES string of the molecule is COc1cccc(-c2ccc3c(c2)C(=O)[C@]2(CC[C@H](O)CC2)C3)c1. The van der Waals surface area contributed by atoms with Gasteiger partial charge in [-0.25, -0.2) is 0 Å². The minimum absolute atomic E-state index is 0.237. The number of aliphatic hydroxyl groups excluding tert-OH is 1. The number of aliphatic hydroxyl groups is 1. The van der Waals surface area contributed by atoms with Crippen molar-refractivity contribution in [2.24, 2.45) is 5.41 Å². The Labute approximate surface area is 142 Å². The molecule has 0 heterocycles. The minimum atomic E-state index is -0.269. The van der Waals surface area contributed by atoms with Crippen molar-refractivity contribution in [3.63, 3.8) is 0 Å². The van der Waals surface area contributed by atoms with E-state index in [2.05, 4.69) is 12.1 Å². The first-order chi connectivity index (χ1) is 11.6. The number of methoxy groups -OCH3 is 1. The second-order valence-corrected chi connectivity index (χ2v) is 7.12. The molecule has 0 aliphatic heterocycles. The van der Waals surface area contributed by atoms with Gasteiger partial charge in [-0.05, 0) is 67.0 Å². The number of carbonyl (C=O) groups excluding carboxylic acids is 1. The largest absolute Gasteiger partial charge is 0.497 e. The number of rotatable bonds is 2. The van der Waals surface area contributed by atoms with Crippen LogP contribution >= 0.6 is 0 Å². The molecule has 124 valence electrons. The molecule has 1 spiro atoms. The summed E-state index contributed by atoms with van der Waals surface area (Å²) in [5.41, 5.74) is 3.86. The topological polar surface area (TPSA) is 46.5 Å². The molecule has 0 saturated heterocycles. The van der Waals surface area contributed by atoms with Gasteiger partial charge in [-0.3, -0.25) is 4.79 Å². The first-order valence-electron chi connectivity index (χ1n) is 8.61. The molecule has 4 rings (SSSR count). The first kappa shape index (κ1) is 15.4. The van der Waals surface area contributed by atoms with E-state index in [4.69, 9.17) is 4.74 Å². The predicted octanol–water partition coefficient (Wildman–Crippen LogP) is 4.02. The highest BCUT2D eigenvalue weighted by Crippen LogP contribution is 2.47. The molecule has 3 nitrogen and oxygen atoms in total. The van der Waals surface area contributed by atoms with Gasteiger partial charge in [-0.2, -0.15) is 0 Å². The van der Waals surface area contributed by atoms with Gasteiger partial charge < -0.3 is 9.84 Å². The third-order valence-corrected chi connectivity index (χ3v) is 5.68. The number of Topliss-reactive ketones (excluding diaryl/α,β-unsaturated/α-hetero) is 1. The normalized spacial score (nSPS) is 25.8. The number of ether oxygens (including phenoxy) is 1. The predicted molar refractivity (Wildman–Crippen MR) is 93.4 cm³/mol. The molecule has 2 aliphatic carbocycles. The van der Waals surface area contributed by atoms with E-state index in [-0.39, 0.29) is 17.3 Å². The molecule has 1 N–H and O–H groups in total. The van der Waals surface area contributed by atoms with Crippen LogP contribution in [0.25, 0.3) is 11.1 Å². The Morgan fingerprint density at radius 3 is 2.58 bits per heavy atom. The summed E-state index contributed by atoms with van der Waals surface area (Å²) in [6.45, 7) is 0. The van der Waals surface area contributed by atoms with Gasteiger partial charge in [-0.15, -0.1) is 0 Å². The fourth-order valence-corrected chi connectivity index (χ4v) is 4.21. The van der Waals surface area contributed by atoms with Crippen molar-refractivity contribution in [3.8, 4) is 16.9 Å². The molecular formula is C21H22O3. The van der Waals surface area contributed by atoms with Crippen LogP contribution in [0.15, 0.2) is 42.5 Å². The smallest absolute Gasteiger partial charge is 0.169 e. The quantitative estimate of drug-likeness (QED) is 0.908. The summed E-state index contributed by atoms with van der Waals surface area (Å²) in [6, 6.07) is 14.1. The number of hydrogen-bond acceptors (Lipinski definition) is 3. The van der Waals surface area contributed by atoms with E-state index >= 15 is 0 Å². The van der Waals surface area contributed by atoms with Crippen molar-refractivity contribution in [1.29, 1.82) is 0 Å². The summed E-state index contributed by atoms with van der Waals surface area (Å²) < 4.78 is 5.30. The van der Waals surface area contributed by atoms with Crippen molar-refractivity contribution in [1.82, 2.24) is 0 Å². The van der Waals surface area contributed by atoms with Crippen LogP contribution in [0.2, 0.25) is 0 Å². The highest BCUT2D eigenvalue weighted by atomic mass is 16.5. The van der Waals surface area contributed by atoms with Crippen LogP contribution in [-0.2, 0) is 6.42 Å². The maximum absolute atomic E-state index is 13.1. The Balaban J connectivity index is 1.68. The number of carbonyl (C=O) groups is 1. The molecule has 0 unspecified atom stereocenters. The van der Waals surface area contributed by atoms with E-state index in [1.54, 1.807) is 7.11 Å². The Kier molecular flexibility index (Phi) is 3.69. The van der Waals surface area contributed by atoms with Crippen molar-refractivity contribution in [3.05, 3.63) is 53.6 Å². The molecule has 0 aromatic heterocycles. The minimum Gasteiger partial charge on any atom is -0.497 e. The Morgan fingerprint density at radius 2 is 1.83 bits per heavy atom. The van der Waals surface area contributed by atoms with Crippen LogP contribution in [0.3, 0.4) is 0 Å².